The minimum Gasteiger partial charge on any atom is -0.340 e. The van der Waals surface area contributed by atoms with Gasteiger partial charge in [-0.3, -0.25) is 9.59 Å². The second-order valence-corrected chi connectivity index (χ2v) is 5.31. The molecule has 7 heteroatoms. The molecule has 0 spiro atoms. The summed E-state index contributed by atoms with van der Waals surface area (Å²) in [6, 6.07) is -0.333. The van der Waals surface area contributed by atoms with Crippen LogP contribution in [0.25, 0.3) is 0 Å². The summed E-state index contributed by atoms with van der Waals surface area (Å²) < 4.78 is 0. The third-order valence-corrected chi connectivity index (χ3v) is 4.00. The minimum absolute atomic E-state index is 0. The van der Waals surface area contributed by atoms with Crippen LogP contribution in [-0.2, 0) is 9.59 Å². The first kappa shape index (κ1) is 17.2. The molecular formula is C13H25ClN4O2. The average molecular weight is 305 g/mol. The molecule has 2 heterocycles. The fraction of sp³-hybridized carbons (Fsp3) is 0.846. The Morgan fingerprint density at radius 2 is 1.90 bits per heavy atom. The maximum Gasteiger partial charge on any atom is 0.240 e. The van der Waals surface area contributed by atoms with E-state index in [1.54, 1.807) is 0 Å². The molecule has 2 saturated heterocycles. The van der Waals surface area contributed by atoms with Crippen LogP contribution in [-0.4, -0.2) is 85.4 Å². The standard InChI is InChI=1S/C13H24N4O2.ClH/c1-3-16-5-4-14-11(13(16)19)10-12(18)17-8-6-15(2)7-9-17;/h11,14H,3-10H2,1-2H3;1H. The third kappa shape index (κ3) is 4.07. The van der Waals surface area contributed by atoms with E-state index in [1.165, 1.54) is 0 Å². The van der Waals surface area contributed by atoms with Crippen molar-refractivity contribution in [2.75, 3.05) is 52.9 Å². The average Bonchev–Trinajstić information content (AvgIpc) is 2.42. The fourth-order valence-electron chi connectivity index (χ4n) is 2.62. The topological polar surface area (TPSA) is 55.9 Å². The van der Waals surface area contributed by atoms with Gasteiger partial charge in [0.05, 0.1) is 12.5 Å². The molecule has 0 aromatic carbocycles. The summed E-state index contributed by atoms with van der Waals surface area (Å²) in [6.07, 6.45) is 0.291. The Kier molecular flexibility index (Phi) is 6.71. The van der Waals surface area contributed by atoms with Crippen molar-refractivity contribution >= 4 is 24.2 Å². The molecule has 2 amide bonds. The Labute approximate surface area is 126 Å². The van der Waals surface area contributed by atoms with Crippen LogP contribution in [0.3, 0.4) is 0 Å². The summed E-state index contributed by atoms with van der Waals surface area (Å²) in [6.45, 7) is 7.59. The van der Waals surface area contributed by atoms with Gasteiger partial charge in [0.25, 0.3) is 0 Å². The van der Waals surface area contributed by atoms with E-state index in [4.69, 9.17) is 0 Å². The van der Waals surface area contributed by atoms with Gasteiger partial charge in [0.2, 0.25) is 11.8 Å². The molecule has 2 fully saturated rings. The molecule has 116 valence electrons. The van der Waals surface area contributed by atoms with E-state index in [0.29, 0.717) is 6.42 Å². The van der Waals surface area contributed by atoms with Gasteiger partial charge in [-0.2, -0.15) is 0 Å². The molecule has 0 aromatic rings. The van der Waals surface area contributed by atoms with Crippen molar-refractivity contribution in [3.8, 4) is 0 Å². The molecule has 2 aliphatic heterocycles. The molecule has 1 N–H and O–H groups in total. The summed E-state index contributed by atoms with van der Waals surface area (Å²) in [4.78, 5) is 30.2. The Hall–Kier alpha value is -0.850. The Bertz CT molecular complexity index is 345. The van der Waals surface area contributed by atoms with Crippen LogP contribution < -0.4 is 5.32 Å². The first-order valence-corrected chi connectivity index (χ1v) is 7.10. The molecule has 2 aliphatic rings. The number of carbonyl (C=O) groups excluding carboxylic acids is 2. The summed E-state index contributed by atoms with van der Waals surface area (Å²) in [5.74, 6) is 0.160. The lowest BCUT2D eigenvalue weighted by Crippen LogP contribution is -2.57. The second-order valence-electron chi connectivity index (χ2n) is 5.31. The highest BCUT2D eigenvalue weighted by molar-refractivity contribution is 5.89. The van der Waals surface area contributed by atoms with E-state index in [9.17, 15) is 9.59 Å². The minimum atomic E-state index is -0.333. The van der Waals surface area contributed by atoms with Crippen LogP contribution in [0, 0.1) is 0 Å². The van der Waals surface area contributed by atoms with Crippen LogP contribution in [0.5, 0.6) is 0 Å². The van der Waals surface area contributed by atoms with Gasteiger partial charge in [0, 0.05) is 45.8 Å². The van der Waals surface area contributed by atoms with E-state index >= 15 is 0 Å². The number of halogens is 1. The third-order valence-electron chi connectivity index (χ3n) is 4.00. The highest BCUT2D eigenvalue weighted by Crippen LogP contribution is 2.09. The number of amides is 2. The highest BCUT2D eigenvalue weighted by atomic mass is 35.5. The Morgan fingerprint density at radius 3 is 2.50 bits per heavy atom. The van der Waals surface area contributed by atoms with Gasteiger partial charge >= 0.3 is 0 Å². The molecule has 0 aromatic heterocycles. The molecule has 0 radical (unpaired) electrons. The number of hydrogen-bond acceptors (Lipinski definition) is 4. The number of carbonyl (C=O) groups is 2. The quantitative estimate of drug-likeness (QED) is 0.756. The van der Waals surface area contributed by atoms with Gasteiger partial charge in [-0.25, -0.2) is 0 Å². The van der Waals surface area contributed by atoms with Crippen molar-refractivity contribution in [2.45, 2.75) is 19.4 Å². The van der Waals surface area contributed by atoms with E-state index in [0.717, 1.165) is 45.8 Å². The Balaban J connectivity index is 0.00000200. The fourth-order valence-corrected chi connectivity index (χ4v) is 2.62. The lowest BCUT2D eigenvalue weighted by atomic mass is 10.1. The second kappa shape index (κ2) is 7.81. The van der Waals surface area contributed by atoms with Crippen LogP contribution in [0.15, 0.2) is 0 Å². The van der Waals surface area contributed by atoms with Crippen molar-refractivity contribution in [1.82, 2.24) is 20.0 Å². The largest absolute Gasteiger partial charge is 0.340 e. The van der Waals surface area contributed by atoms with Gasteiger partial charge in [-0.05, 0) is 14.0 Å². The lowest BCUT2D eigenvalue weighted by molar-refractivity contribution is -0.141. The zero-order chi connectivity index (χ0) is 13.8. The number of nitrogens with zero attached hydrogens (tertiary/aromatic N) is 3. The molecule has 20 heavy (non-hydrogen) atoms. The van der Waals surface area contributed by atoms with Crippen molar-refractivity contribution in [3.63, 3.8) is 0 Å². The molecule has 0 bridgehead atoms. The Morgan fingerprint density at radius 1 is 1.25 bits per heavy atom. The van der Waals surface area contributed by atoms with Crippen molar-refractivity contribution in [3.05, 3.63) is 0 Å². The van der Waals surface area contributed by atoms with Crippen LogP contribution in [0.2, 0.25) is 0 Å². The molecule has 1 atom stereocenters. The number of nitrogens with one attached hydrogen (secondary N) is 1. The molecule has 2 rings (SSSR count). The normalized spacial score (nSPS) is 24.5. The van der Waals surface area contributed by atoms with Crippen LogP contribution in [0.1, 0.15) is 13.3 Å². The molecule has 1 unspecified atom stereocenters. The smallest absolute Gasteiger partial charge is 0.240 e. The van der Waals surface area contributed by atoms with Crippen molar-refractivity contribution in [1.29, 1.82) is 0 Å². The first-order chi connectivity index (χ1) is 9.11. The van der Waals surface area contributed by atoms with E-state index in [1.807, 2.05) is 16.7 Å². The van der Waals surface area contributed by atoms with Gasteiger partial charge in [0.15, 0.2) is 0 Å². The SMILES string of the molecule is CCN1CCNC(CC(=O)N2CCN(C)CC2)C1=O.Cl. The van der Waals surface area contributed by atoms with Crippen LogP contribution >= 0.6 is 12.4 Å². The summed E-state index contributed by atoms with van der Waals surface area (Å²) in [7, 11) is 2.06. The maximum atomic E-state index is 12.2. The van der Waals surface area contributed by atoms with E-state index < -0.39 is 0 Å². The van der Waals surface area contributed by atoms with Gasteiger partial charge in [0.1, 0.15) is 0 Å². The van der Waals surface area contributed by atoms with Gasteiger partial charge in [-0.15, -0.1) is 12.4 Å². The molecule has 6 nitrogen and oxygen atoms in total. The van der Waals surface area contributed by atoms with Gasteiger partial charge < -0.3 is 20.0 Å². The molecule has 0 aliphatic carbocycles. The predicted octanol–water partition coefficient (Wildman–Crippen LogP) is -0.607. The van der Waals surface area contributed by atoms with E-state index in [-0.39, 0.29) is 30.3 Å². The monoisotopic (exact) mass is 304 g/mol. The predicted molar refractivity (Wildman–Crippen MR) is 80.0 cm³/mol. The highest BCUT2D eigenvalue weighted by Gasteiger charge is 2.31. The van der Waals surface area contributed by atoms with E-state index in [2.05, 4.69) is 17.3 Å². The maximum absolute atomic E-state index is 12.2. The number of hydrogen-bond donors (Lipinski definition) is 1. The van der Waals surface area contributed by atoms with Crippen molar-refractivity contribution < 1.29 is 9.59 Å². The zero-order valence-electron chi connectivity index (χ0n) is 12.3. The zero-order valence-corrected chi connectivity index (χ0v) is 13.1. The van der Waals surface area contributed by atoms with Crippen LogP contribution in [0.4, 0.5) is 0 Å². The number of likely N-dealkylation sites (N-methyl/N-ethyl adjacent to an activating group) is 2. The summed E-state index contributed by atoms with van der Waals surface area (Å²) >= 11 is 0. The van der Waals surface area contributed by atoms with Gasteiger partial charge in [-0.1, -0.05) is 0 Å². The lowest BCUT2D eigenvalue weighted by Gasteiger charge is -2.35. The molecule has 0 saturated carbocycles. The first-order valence-electron chi connectivity index (χ1n) is 7.10. The molecular weight excluding hydrogens is 280 g/mol. The number of rotatable bonds is 3. The van der Waals surface area contributed by atoms with Crippen molar-refractivity contribution in [2.24, 2.45) is 0 Å². The summed E-state index contributed by atoms with van der Waals surface area (Å²) in [5, 5.41) is 3.16. The summed E-state index contributed by atoms with van der Waals surface area (Å²) in [5.41, 5.74) is 0. The number of piperazine rings is 2.